The lowest BCUT2D eigenvalue weighted by Gasteiger charge is -2.15. The standard InChI is InChI=1S/C19H21N5O/c1-12-7-6-9-14(13(12)2)23-18-17(20)19(22-11-21-18)24-15-8-4-5-10-16(15)25-3/h4-11H,20H2,1-3H3,(H2,21,22,23,24). The van der Waals surface area contributed by atoms with E-state index in [2.05, 4.69) is 40.5 Å². The van der Waals surface area contributed by atoms with Gasteiger partial charge in [0, 0.05) is 5.69 Å². The summed E-state index contributed by atoms with van der Waals surface area (Å²) >= 11 is 0. The van der Waals surface area contributed by atoms with Gasteiger partial charge in [0.2, 0.25) is 0 Å². The molecule has 0 aliphatic heterocycles. The molecule has 0 spiro atoms. The third kappa shape index (κ3) is 3.47. The summed E-state index contributed by atoms with van der Waals surface area (Å²) in [4.78, 5) is 8.52. The Bertz CT molecular complexity index is 895. The van der Waals surface area contributed by atoms with Gasteiger partial charge in [-0.15, -0.1) is 0 Å². The molecule has 128 valence electrons. The van der Waals surface area contributed by atoms with Crippen LogP contribution in [0, 0.1) is 13.8 Å². The van der Waals surface area contributed by atoms with Crippen molar-refractivity contribution in [3.63, 3.8) is 0 Å². The molecule has 0 amide bonds. The van der Waals surface area contributed by atoms with Crippen molar-refractivity contribution in [1.82, 2.24) is 9.97 Å². The average Bonchev–Trinajstić information content (AvgIpc) is 2.62. The van der Waals surface area contributed by atoms with Crippen molar-refractivity contribution in [2.75, 3.05) is 23.5 Å². The van der Waals surface area contributed by atoms with Gasteiger partial charge in [-0.25, -0.2) is 9.97 Å². The summed E-state index contributed by atoms with van der Waals surface area (Å²) in [5.74, 6) is 1.79. The molecule has 6 heteroatoms. The highest BCUT2D eigenvalue weighted by Gasteiger charge is 2.11. The molecule has 3 aromatic rings. The largest absolute Gasteiger partial charge is 0.495 e. The molecule has 0 saturated carbocycles. The summed E-state index contributed by atoms with van der Waals surface area (Å²) in [6.45, 7) is 4.13. The zero-order valence-electron chi connectivity index (χ0n) is 14.5. The third-order valence-electron chi connectivity index (χ3n) is 4.10. The molecule has 0 saturated heterocycles. The Balaban J connectivity index is 1.91. The molecule has 0 fully saturated rings. The Kier molecular flexibility index (Phi) is 4.70. The Hall–Kier alpha value is -3.28. The van der Waals surface area contributed by atoms with Crippen LogP contribution < -0.4 is 21.1 Å². The fourth-order valence-electron chi connectivity index (χ4n) is 2.48. The van der Waals surface area contributed by atoms with E-state index in [0.29, 0.717) is 23.1 Å². The van der Waals surface area contributed by atoms with E-state index in [1.54, 1.807) is 7.11 Å². The number of aryl methyl sites for hydroxylation is 1. The number of para-hydroxylation sites is 2. The van der Waals surface area contributed by atoms with Gasteiger partial charge < -0.3 is 21.1 Å². The van der Waals surface area contributed by atoms with Crippen LogP contribution in [-0.4, -0.2) is 17.1 Å². The number of aromatic nitrogens is 2. The maximum atomic E-state index is 6.27. The van der Waals surface area contributed by atoms with Gasteiger partial charge in [0.05, 0.1) is 12.8 Å². The molecule has 6 nitrogen and oxygen atoms in total. The van der Waals surface area contributed by atoms with Crippen molar-refractivity contribution in [2.24, 2.45) is 0 Å². The van der Waals surface area contributed by atoms with Crippen molar-refractivity contribution >= 4 is 28.7 Å². The van der Waals surface area contributed by atoms with Gasteiger partial charge in [-0.3, -0.25) is 0 Å². The molecule has 0 radical (unpaired) electrons. The summed E-state index contributed by atoms with van der Waals surface area (Å²) in [7, 11) is 1.62. The lowest BCUT2D eigenvalue weighted by molar-refractivity contribution is 0.417. The van der Waals surface area contributed by atoms with Crippen LogP contribution >= 0.6 is 0 Å². The molecule has 0 bridgehead atoms. The first-order valence-corrected chi connectivity index (χ1v) is 7.94. The zero-order valence-corrected chi connectivity index (χ0v) is 14.5. The van der Waals surface area contributed by atoms with Gasteiger partial charge in [0.1, 0.15) is 17.8 Å². The molecule has 1 aromatic heterocycles. The van der Waals surface area contributed by atoms with Gasteiger partial charge in [-0.2, -0.15) is 0 Å². The van der Waals surface area contributed by atoms with Crippen molar-refractivity contribution < 1.29 is 4.74 Å². The number of hydrogen-bond donors (Lipinski definition) is 3. The highest BCUT2D eigenvalue weighted by atomic mass is 16.5. The van der Waals surface area contributed by atoms with E-state index < -0.39 is 0 Å². The maximum Gasteiger partial charge on any atom is 0.159 e. The number of nitrogens with one attached hydrogen (secondary N) is 2. The molecule has 0 aliphatic rings. The topological polar surface area (TPSA) is 85.1 Å². The fourth-order valence-corrected chi connectivity index (χ4v) is 2.48. The predicted octanol–water partition coefficient (Wildman–Crippen LogP) is 4.17. The first-order chi connectivity index (χ1) is 12.1. The number of nitrogen functional groups attached to an aromatic ring is 1. The van der Waals surface area contributed by atoms with Crippen LogP contribution in [0.1, 0.15) is 11.1 Å². The lowest BCUT2D eigenvalue weighted by atomic mass is 10.1. The van der Waals surface area contributed by atoms with Crippen LogP contribution in [0.2, 0.25) is 0 Å². The summed E-state index contributed by atoms with van der Waals surface area (Å²) < 4.78 is 5.35. The van der Waals surface area contributed by atoms with Gasteiger partial charge in [0.15, 0.2) is 11.6 Å². The normalized spacial score (nSPS) is 10.4. The summed E-state index contributed by atoms with van der Waals surface area (Å²) in [5, 5.41) is 6.49. The number of nitrogens with two attached hydrogens (primary N) is 1. The summed E-state index contributed by atoms with van der Waals surface area (Å²) in [5.41, 5.74) is 10.8. The van der Waals surface area contributed by atoms with E-state index in [-0.39, 0.29) is 0 Å². The van der Waals surface area contributed by atoms with Gasteiger partial charge >= 0.3 is 0 Å². The lowest BCUT2D eigenvalue weighted by Crippen LogP contribution is -2.06. The van der Waals surface area contributed by atoms with E-state index in [1.807, 2.05) is 36.4 Å². The van der Waals surface area contributed by atoms with E-state index >= 15 is 0 Å². The molecule has 4 N–H and O–H groups in total. The second-order valence-electron chi connectivity index (χ2n) is 5.68. The molecule has 0 aliphatic carbocycles. The Morgan fingerprint density at radius 2 is 1.52 bits per heavy atom. The second kappa shape index (κ2) is 7.09. The average molecular weight is 335 g/mol. The van der Waals surface area contributed by atoms with Gasteiger partial charge in [-0.05, 0) is 43.2 Å². The smallest absolute Gasteiger partial charge is 0.159 e. The van der Waals surface area contributed by atoms with Crippen molar-refractivity contribution in [2.45, 2.75) is 13.8 Å². The van der Waals surface area contributed by atoms with E-state index in [4.69, 9.17) is 10.5 Å². The van der Waals surface area contributed by atoms with Crippen molar-refractivity contribution in [3.8, 4) is 5.75 Å². The number of nitrogens with zero attached hydrogens (tertiary/aromatic N) is 2. The van der Waals surface area contributed by atoms with E-state index in [9.17, 15) is 0 Å². The highest BCUT2D eigenvalue weighted by Crippen LogP contribution is 2.32. The van der Waals surface area contributed by atoms with E-state index in [1.165, 1.54) is 11.9 Å². The molecule has 0 unspecified atom stereocenters. The number of hydrogen-bond acceptors (Lipinski definition) is 6. The van der Waals surface area contributed by atoms with Crippen LogP contribution in [0.25, 0.3) is 0 Å². The monoisotopic (exact) mass is 335 g/mol. The molecule has 1 heterocycles. The summed E-state index contributed by atoms with van der Waals surface area (Å²) in [6, 6.07) is 13.7. The van der Waals surface area contributed by atoms with Crippen LogP contribution in [-0.2, 0) is 0 Å². The van der Waals surface area contributed by atoms with Crippen LogP contribution in [0.5, 0.6) is 5.75 Å². The van der Waals surface area contributed by atoms with Crippen LogP contribution in [0.4, 0.5) is 28.7 Å². The van der Waals surface area contributed by atoms with Crippen molar-refractivity contribution in [3.05, 3.63) is 59.9 Å². The number of anilines is 5. The molecule has 3 rings (SSSR count). The molecule has 2 aromatic carbocycles. The fraction of sp³-hybridized carbons (Fsp3) is 0.158. The first-order valence-electron chi connectivity index (χ1n) is 7.94. The molecular formula is C19H21N5O. The zero-order chi connectivity index (χ0) is 17.8. The predicted molar refractivity (Wildman–Crippen MR) is 102 cm³/mol. The number of rotatable bonds is 5. The minimum absolute atomic E-state index is 0.439. The Labute approximate surface area is 147 Å². The Morgan fingerprint density at radius 1 is 0.880 bits per heavy atom. The summed E-state index contributed by atoms with van der Waals surface area (Å²) in [6.07, 6.45) is 1.47. The quantitative estimate of drug-likeness (QED) is 0.649. The minimum Gasteiger partial charge on any atom is -0.495 e. The maximum absolute atomic E-state index is 6.27. The number of benzene rings is 2. The van der Waals surface area contributed by atoms with Crippen LogP contribution in [0.3, 0.4) is 0 Å². The number of methoxy groups -OCH3 is 1. The Morgan fingerprint density at radius 3 is 2.24 bits per heavy atom. The molecule has 25 heavy (non-hydrogen) atoms. The van der Waals surface area contributed by atoms with Gasteiger partial charge in [-0.1, -0.05) is 24.3 Å². The highest BCUT2D eigenvalue weighted by molar-refractivity contribution is 5.81. The minimum atomic E-state index is 0.439. The second-order valence-corrected chi connectivity index (χ2v) is 5.68. The third-order valence-corrected chi connectivity index (χ3v) is 4.10. The first kappa shape index (κ1) is 16.6. The molecule has 0 atom stereocenters. The van der Waals surface area contributed by atoms with E-state index in [0.717, 1.165) is 16.9 Å². The number of ether oxygens (including phenoxy) is 1. The van der Waals surface area contributed by atoms with Gasteiger partial charge in [0.25, 0.3) is 0 Å². The SMILES string of the molecule is COc1ccccc1Nc1ncnc(Nc2cccc(C)c2C)c1N. The van der Waals surface area contributed by atoms with Crippen LogP contribution in [0.15, 0.2) is 48.8 Å². The molecular weight excluding hydrogens is 314 g/mol. The van der Waals surface area contributed by atoms with Crippen molar-refractivity contribution in [1.29, 1.82) is 0 Å².